The third kappa shape index (κ3) is 3.97. The van der Waals surface area contributed by atoms with Crippen LogP contribution in [0.2, 0.25) is 0 Å². The van der Waals surface area contributed by atoms with Gasteiger partial charge in [-0.3, -0.25) is 9.36 Å². The third-order valence-electron chi connectivity index (χ3n) is 4.63. The largest absolute Gasteiger partial charge is 0.486 e. The zero-order valence-corrected chi connectivity index (χ0v) is 15.9. The first-order chi connectivity index (χ1) is 13.2. The molecule has 0 bridgehead atoms. The molecular formula is C18H22N4O4S. The minimum absolute atomic E-state index is 0.0113. The first kappa shape index (κ1) is 18.0. The van der Waals surface area contributed by atoms with Crippen molar-refractivity contribution >= 4 is 17.7 Å². The number of para-hydroxylation sites is 2. The van der Waals surface area contributed by atoms with E-state index in [0.29, 0.717) is 30.6 Å². The van der Waals surface area contributed by atoms with Crippen molar-refractivity contribution in [3.05, 3.63) is 34.7 Å². The van der Waals surface area contributed by atoms with E-state index < -0.39 is 0 Å². The molecule has 1 aromatic carbocycles. The molecule has 1 aromatic heterocycles. The average Bonchev–Trinajstić information content (AvgIpc) is 3.46. The van der Waals surface area contributed by atoms with E-state index in [1.54, 1.807) is 9.47 Å². The molecule has 1 N–H and O–H groups in total. The first-order valence-corrected chi connectivity index (χ1v) is 10.1. The van der Waals surface area contributed by atoms with Crippen LogP contribution in [0.1, 0.15) is 25.8 Å². The first-order valence-electron chi connectivity index (χ1n) is 9.11. The van der Waals surface area contributed by atoms with Gasteiger partial charge in [0, 0.05) is 12.6 Å². The second-order valence-electron chi connectivity index (χ2n) is 6.63. The summed E-state index contributed by atoms with van der Waals surface area (Å²) in [6, 6.07) is 7.76. The number of nitrogens with one attached hydrogen (secondary N) is 1. The molecule has 1 saturated carbocycles. The van der Waals surface area contributed by atoms with Crippen LogP contribution < -0.4 is 15.2 Å². The molecule has 27 heavy (non-hydrogen) atoms. The van der Waals surface area contributed by atoms with Crippen molar-refractivity contribution in [3.63, 3.8) is 0 Å². The van der Waals surface area contributed by atoms with Crippen LogP contribution in [0.25, 0.3) is 0 Å². The van der Waals surface area contributed by atoms with Crippen molar-refractivity contribution in [1.29, 1.82) is 0 Å². The van der Waals surface area contributed by atoms with E-state index in [2.05, 4.69) is 10.2 Å². The van der Waals surface area contributed by atoms with Crippen molar-refractivity contribution in [2.75, 3.05) is 25.4 Å². The highest BCUT2D eigenvalue weighted by molar-refractivity contribution is 7.99. The molecule has 144 valence electrons. The number of aromatic nitrogens is 3. The number of H-pyrrole nitrogens is 1. The van der Waals surface area contributed by atoms with Crippen LogP contribution in [0.3, 0.4) is 0 Å². The summed E-state index contributed by atoms with van der Waals surface area (Å²) in [5, 5.41) is 7.11. The van der Waals surface area contributed by atoms with E-state index in [0.717, 1.165) is 18.6 Å². The van der Waals surface area contributed by atoms with Gasteiger partial charge in [-0.05, 0) is 31.9 Å². The Morgan fingerprint density at radius 2 is 2.15 bits per heavy atom. The number of rotatable bonds is 7. The van der Waals surface area contributed by atoms with Gasteiger partial charge in [0.25, 0.3) is 0 Å². The van der Waals surface area contributed by atoms with Crippen LogP contribution >= 0.6 is 11.8 Å². The number of likely N-dealkylation sites (N-methyl/N-ethyl adjacent to an activating group) is 1. The maximum Gasteiger partial charge on any atom is 0.344 e. The molecule has 1 aliphatic heterocycles. The highest BCUT2D eigenvalue weighted by atomic mass is 32.2. The van der Waals surface area contributed by atoms with Gasteiger partial charge in [-0.2, -0.15) is 0 Å². The predicted octanol–water partition coefficient (Wildman–Crippen LogP) is 1.69. The Kier molecular flexibility index (Phi) is 5.11. The van der Waals surface area contributed by atoms with Crippen LogP contribution in [0.5, 0.6) is 11.5 Å². The Labute approximate surface area is 160 Å². The topological polar surface area (TPSA) is 89.5 Å². The number of amides is 1. The van der Waals surface area contributed by atoms with E-state index in [-0.39, 0.29) is 29.5 Å². The molecule has 0 saturated heterocycles. The molecule has 2 aromatic rings. The van der Waals surface area contributed by atoms with Crippen molar-refractivity contribution in [2.45, 2.75) is 37.1 Å². The van der Waals surface area contributed by atoms with Crippen LogP contribution in [0.4, 0.5) is 0 Å². The summed E-state index contributed by atoms with van der Waals surface area (Å²) in [4.78, 5) is 26.2. The van der Waals surface area contributed by atoms with Crippen LogP contribution in [-0.4, -0.2) is 57.1 Å². The van der Waals surface area contributed by atoms with Gasteiger partial charge in [0.15, 0.2) is 22.8 Å². The monoisotopic (exact) mass is 390 g/mol. The SMILES string of the molecule is CCN(CC1COc2ccccc2O1)C(=O)CSc1n[nH]c(=O)n1C1CC1. The number of nitrogens with zero attached hydrogens (tertiary/aromatic N) is 3. The molecule has 1 unspecified atom stereocenters. The average molecular weight is 390 g/mol. The van der Waals surface area contributed by atoms with Crippen molar-refractivity contribution in [2.24, 2.45) is 0 Å². The number of hydrogen-bond acceptors (Lipinski definition) is 6. The number of benzene rings is 1. The number of carbonyl (C=O) groups excluding carboxylic acids is 1. The Morgan fingerprint density at radius 3 is 2.89 bits per heavy atom. The highest BCUT2D eigenvalue weighted by Crippen LogP contribution is 2.36. The molecule has 0 spiro atoms. The fourth-order valence-corrected chi connectivity index (χ4v) is 3.99. The summed E-state index contributed by atoms with van der Waals surface area (Å²) in [5.74, 6) is 1.66. The minimum atomic E-state index is -0.205. The van der Waals surface area contributed by atoms with Gasteiger partial charge in [-0.15, -0.1) is 5.10 Å². The van der Waals surface area contributed by atoms with Gasteiger partial charge < -0.3 is 14.4 Å². The summed E-state index contributed by atoms with van der Waals surface area (Å²) in [7, 11) is 0. The minimum Gasteiger partial charge on any atom is -0.486 e. The molecule has 1 atom stereocenters. The van der Waals surface area contributed by atoms with Crippen molar-refractivity contribution in [3.8, 4) is 11.5 Å². The fourth-order valence-electron chi connectivity index (χ4n) is 3.07. The maximum absolute atomic E-state index is 12.7. The normalized spacial score (nSPS) is 18.3. The third-order valence-corrected chi connectivity index (χ3v) is 5.57. The zero-order chi connectivity index (χ0) is 18.8. The van der Waals surface area contributed by atoms with Gasteiger partial charge >= 0.3 is 5.69 Å². The Bertz CT molecular complexity index is 876. The molecular weight excluding hydrogens is 368 g/mol. The quantitative estimate of drug-likeness (QED) is 0.724. The van der Waals surface area contributed by atoms with E-state index in [9.17, 15) is 9.59 Å². The second kappa shape index (κ2) is 7.67. The molecule has 1 amide bonds. The lowest BCUT2D eigenvalue weighted by atomic mass is 10.2. The smallest absolute Gasteiger partial charge is 0.344 e. The Balaban J connectivity index is 1.34. The Morgan fingerprint density at radius 1 is 1.37 bits per heavy atom. The predicted molar refractivity (Wildman–Crippen MR) is 100 cm³/mol. The lowest BCUT2D eigenvalue weighted by molar-refractivity contribution is -0.129. The van der Waals surface area contributed by atoms with Crippen molar-refractivity contribution < 1.29 is 14.3 Å². The van der Waals surface area contributed by atoms with Gasteiger partial charge in [0.1, 0.15) is 6.61 Å². The van der Waals surface area contributed by atoms with E-state index in [4.69, 9.17) is 9.47 Å². The fraction of sp³-hybridized carbons (Fsp3) is 0.500. The van der Waals surface area contributed by atoms with Gasteiger partial charge in [0.2, 0.25) is 5.91 Å². The summed E-state index contributed by atoms with van der Waals surface area (Å²) in [6.45, 7) is 3.39. The van der Waals surface area contributed by atoms with Crippen LogP contribution in [-0.2, 0) is 4.79 Å². The van der Waals surface area contributed by atoms with E-state index in [1.165, 1.54) is 11.8 Å². The lowest BCUT2D eigenvalue weighted by Gasteiger charge is -2.30. The number of ether oxygens (including phenoxy) is 2. The number of carbonyl (C=O) groups is 1. The summed E-state index contributed by atoms with van der Waals surface area (Å²) in [5.41, 5.74) is -0.203. The zero-order valence-electron chi connectivity index (χ0n) is 15.1. The molecule has 4 rings (SSSR count). The van der Waals surface area contributed by atoms with E-state index in [1.807, 2.05) is 31.2 Å². The standard InChI is InChI=1S/C18H22N4O4S/c1-2-21(9-13-10-25-14-5-3-4-6-15(14)26-13)16(23)11-27-18-20-19-17(24)22(18)12-7-8-12/h3-6,12-13H,2,7-11H2,1H3,(H,19,24). The van der Waals surface area contributed by atoms with Gasteiger partial charge in [0.05, 0.1) is 12.3 Å². The number of thioether (sulfide) groups is 1. The van der Waals surface area contributed by atoms with Crippen LogP contribution in [0.15, 0.2) is 34.2 Å². The molecule has 2 aliphatic rings. The summed E-state index contributed by atoms with van der Waals surface area (Å²) in [6.07, 6.45) is 1.77. The number of fused-ring (bicyclic) bond motifs is 1. The number of aromatic amines is 1. The van der Waals surface area contributed by atoms with Gasteiger partial charge in [-0.1, -0.05) is 23.9 Å². The molecule has 1 aliphatic carbocycles. The summed E-state index contributed by atoms with van der Waals surface area (Å²) >= 11 is 1.30. The molecule has 2 heterocycles. The van der Waals surface area contributed by atoms with Gasteiger partial charge in [-0.25, -0.2) is 9.89 Å². The molecule has 8 nitrogen and oxygen atoms in total. The molecule has 9 heteroatoms. The van der Waals surface area contributed by atoms with Crippen molar-refractivity contribution in [1.82, 2.24) is 19.7 Å². The summed E-state index contributed by atoms with van der Waals surface area (Å²) < 4.78 is 13.3. The molecule has 0 radical (unpaired) electrons. The van der Waals surface area contributed by atoms with E-state index >= 15 is 0 Å². The Hall–Kier alpha value is -2.42. The highest BCUT2D eigenvalue weighted by Gasteiger charge is 2.29. The lowest BCUT2D eigenvalue weighted by Crippen LogP contribution is -2.44. The number of hydrogen-bond donors (Lipinski definition) is 1. The molecule has 1 fully saturated rings. The van der Waals surface area contributed by atoms with Crippen LogP contribution in [0, 0.1) is 0 Å². The maximum atomic E-state index is 12.7. The second-order valence-corrected chi connectivity index (χ2v) is 7.57.